The number of halogens is 1. The van der Waals surface area contributed by atoms with Gasteiger partial charge in [-0.15, -0.1) is 0 Å². The van der Waals surface area contributed by atoms with Crippen LogP contribution in [-0.4, -0.2) is 19.6 Å². The van der Waals surface area contributed by atoms with Crippen molar-refractivity contribution in [2.45, 2.75) is 45.2 Å². The molecule has 0 saturated carbocycles. The SMILES string of the molecule is CCC1CCCCN1c1cc(F)cc(CNC)c1. The Morgan fingerprint density at radius 2 is 2.17 bits per heavy atom. The van der Waals surface area contributed by atoms with Gasteiger partial charge in [0, 0.05) is 24.8 Å². The molecule has 1 aromatic rings. The van der Waals surface area contributed by atoms with Gasteiger partial charge in [0.1, 0.15) is 5.82 Å². The van der Waals surface area contributed by atoms with E-state index in [0.29, 0.717) is 6.04 Å². The van der Waals surface area contributed by atoms with Crippen LogP contribution in [-0.2, 0) is 6.54 Å². The average Bonchev–Trinajstić information content (AvgIpc) is 2.38. The summed E-state index contributed by atoms with van der Waals surface area (Å²) in [5.74, 6) is -0.127. The van der Waals surface area contributed by atoms with E-state index in [1.165, 1.54) is 19.3 Å². The van der Waals surface area contributed by atoms with Crippen LogP contribution in [0.25, 0.3) is 0 Å². The Hall–Kier alpha value is -1.09. The van der Waals surface area contributed by atoms with Crippen molar-refractivity contribution in [3.05, 3.63) is 29.6 Å². The molecule has 18 heavy (non-hydrogen) atoms. The van der Waals surface area contributed by atoms with Gasteiger partial charge in [0.15, 0.2) is 0 Å². The first-order valence-electron chi connectivity index (χ1n) is 6.95. The van der Waals surface area contributed by atoms with Crippen molar-refractivity contribution in [3.63, 3.8) is 0 Å². The molecule has 1 heterocycles. The average molecular weight is 250 g/mol. The fraction of sp³-hybridized carbons (Fsp3) is 0.600. The summed E-state index contributed by atoms with van der Waals surface area (Å²) in [6.07, 6.45) is 4.88. The summed E-state index contributed by atoms with van der Waals surface area (Å²) in [5.41, 5.74) is 2.07. The minimum absolute atomic E-state index is 0.127. The van der Waals surface area contributed by atoms with Crippen molar-refractivity contribution in [3.8, 4) is 0 Å². The number of nitrogens with zero attached hydrogens (tertiary/aromatic N) is 1. The van der Waals surface area contributed by atoms with Crippen LogP contribution >= 0.6 is 0 Å². The number of hydrogen-bond donors (Lipinski definition) is 1. The zero-order valence-corrected chi connectivity index (χ0v) is 11.4. The third-order valence-corrected chi connectivity index (χ3v) is 3.75. The van der Waals surface area contributed by atoms with Crippen LogP contribution in [0.2, 0.25) is 0 Å². The van der Waals surface area contributed by atoms with Gasteiger partial charge in [0.2, 0.25) is 0 Å². The summed E-state index contributed by atoms with van der Waals surface area (Å²) in [4.78, 5) is 2.38. The lowest BCUT2D eigenvalue weighted by Crippen LogP contribution is -2.39. The summed E-state index contributed by atoms with van der Waals surface area (Å²) >= 11 is 0. The summed E-state index contributed by atoms with van der Waals surface area (Å²) in [6, 6.07) is 5.98. The van der Waals surface area contributed by atoms with Gasteiger partial charge in [-0.1, -0.05) is 6.92 Å². The highest BCUT2D eigenvalue weighted by Gasteiger charge is 2.21. The molecule has 0 spiro atoms. The Morgan fingerprint density at radius 1 is 1.33 bits per heavy atom. The number of rotatable bonds is 4. The standard InChI is InChI=1S/C15H23FN2/c1-3-14-6-4-5-7-18(14)15-9-12(11-17-2)8-13(16)10-15/h8-10,14,17H,3-7,11H2,1-2H3. The van der Waals surface area contributed by atoms with Gasteiger partial charge in [-0.2, -0.15) is 0 Å². The van der Waals surface area contributed by atoms with Gasteiger partial charge in [0.05, 0.1) is 0 Å². The number of piperidine rings is 1. The van der Waals surface area contributed by atoms with Crippen LogP contribution in [0.4, 0.5) is 10.1 Å². The molecule has 1 N–H and O–H groups in total. The van der Waals surface area contributed by atoms with E-state index in [0.717, 1.165) is 30.8 Å². The summed E-state index contributed by atoms with van der Waals surface area (Å²) < 4.78 is 13.7. The third-order valence-electron chi connectivity index (χ3n) is 3.75. The first-order valence-corrected chi connectivity index (χ1v) is 6.95. The monoisotopic (exact) mass is 250 g/mol. The van der Waals surface area contributed by atoms with Crippen molar-refractivity contribution in [1.29, 1.82) is 0 Å². The second-order valence-corrected chi connectivity index (χ2v) is 5.10. The molecule has 1 unspecified atom stereocenters. The van der Waals surface area contributed by atoms with Crippen LogP contribution in [0, 0.1) is 5.82 Å². The van der Waals surface area contributed by atoms with Crippen molar-refractivity contribution in [1.82, 2.24) is 5.32 Å². The van der Waals surface area contributed by atoms with Crippen molar-refractivity contribution in [2.24, 2.45) is 0 Å². The molecular formula is C15H23FN2. The minimum atomic E-state index is -0.127. The summed E-state index contributed by atoms with van der Waals surface area (Å²) in [5, 5.41) is 3.08. The predicted molar refractivity (Wildman–Crippen MR) is 74.4 cm³/mol. The molecule has 0 aliphatic carbocycles. The molecule has 1 atom stereocenters. The fourth-order valence-electron chi connectivity index (χ4n) is 2.87. The van der Waals surface area contributed by atoms with Crippen LogP contribution in [0.15, 0.2) is 18.2 Å². The second-order valence-electron chi connectivity index (χ2n) is 5.10. The molecule has 1 aliphatic heterocycles. The van der Waals surface area contributed by atoms with Gasteiger partial charge < -0.3 is 10.2 Å². The lowest BCUT2D eigenvalue weighted by Gasteiger charge is -2.37. The van der Waals surface area contributed by atoms with E-state index in [-0.39, 0.29) is 5.82 Å². The van der Waals surface area contributed by atoms with E-state index < -0.39 is 0 Å². The lowest BCUT2D eigenvalue weighted by atomic mass is 9.98. The Labute approximate surface area is 109 Å². The van der Waals surface area contributed by atoms with E-state index in [1.54, 1.807) is 12.1 Å². The maximum Gasteiger partial charge on any atom is 0.125 e. The summed E-state index contributed by atoms with van der Waals surface area (Å²) in [7, 11) is 1.89. The molecule has 1 aliphatic rings. The van der Waals surface area contributed by atoms with Crippen molar-refractivity contribution < 1.29 is 4.39 Å². The quantitative estimate of drug-likeness (QED) is 0.882. The van der Waals surface area contributed by atoms with E-state index in [1.807, 2.05) is 7.05 Å². The Morgan fingerprint density at radius 3 is 2.89 bits per heavy atom. The van der Waals surface area contributed by atoms with Crippen LogP contribution in [0.3, 0.4) is 0 Å². The molecule has 1 saturated heterocycles. The van der Waals surface area contributed by atoms with Crippen LogP contribution in [0.1, 0.15) is 38.2 Å². The Kier molecular flexibility index (Phi) is 4.59. The highest BCUT2D eigenvalue weighted by Crippen LogP contribution is 2.28. The lowest BCUT2D eigenvalue weighted by molar-refractivity contribution is 0.449. The normalized spacial score (nSPS) is 20.2. The third kappa shape index (κ3) is 3.02. The van der Waals surface area contributed by atoms with Gasteiger partial charge in [0.25, 0.3) is 0 Å². The van der Waals surface area contributed by atoms with Crippen LogP contribution in [0.5, 0.6) is 0 Å². The molecular weight excluding hydrogens is 227 g/mol. The van der Waals surface area contributed by atoms with E-state index in [2.05, 4.69) is 23.2 Å². The molecule has 1 aromatic carbocycles. The first-order chi connectivity index (χ1) is 8.74. The Bertz CT molecular complexity index is 392. The smallest absolute Gasteiger partial charge is 0.125 e. The van der Waals surface area contributed by atoms with Crippen molar-refractivity contribution >= 4 is 5.69 Å². The fourth-order valence-corrected chi connectivity index (χ4v) is 2.87. The number of anilines is 1. The van der Waals surface area contributed by atoms with Gasteiger partial charge >= 0.3 is 0 Å². The molecule has 0 amide bonds. The molecule has 2 nitrogen and oxygen atoms in total. The highest BCUT2D eigenvalue weighted by atomic mass is 19.1. The van der Waals surface area contributed by atoms with Gasteiger partial charge in [-0.25, -0.2) is 4.39 Å². The summed E-state index contributed by atoms with van der Waals surface area (Å²) in [6.45, 7) is 3.99. The van der Waals surface area contributed by atoms with E-state index in [4.69, 9.17) is 0 Å². The van der Waals surface area contributed by atoms with Gasteiger partial charge in [-0.05, 0) is 56.5 Å². The number of hydrogen-bond acceptors (Lipinski definition) is 2. The Balaban J connectivity index is 2.24. The number of benzene rings is 1. The molecule has 100 valence electrons. The topological polar surface area (TPSA) is 15.3 Å². The zero-order chi connectivity index (χ0) is 13.0. The highest BCUT2D eigenvalue weighted by molar-refractivity contribution is 5.50. The molecule has 2 rings (SSSR count). The van der Waals surface area contributed by atoms with Gasteiger partial charge in [-0.3, -0.25) is 0 Å². The molecule has 0 radical (unpaired) electrons. The molecule has 3 heteroatoms. The number of nitrogens with one attached hydrogen (secondary N) is 1. The largest absolute Gasteiger partial charge is 0.368 e. The van der Waals surface area contributed by atoms with Crippen LogP contribution < -0.4 is 10.2 Å². The van der Waals surface area contributed by atoms with E-state index in [9.17, 15) is 4.39 Å². The van der Waals surface area contributed by atoms with E-state index >= 15 is 0 Å². The zero-order valence-electron chi connectivity index (χ0n) is 11.4. The molecule has 0 bridgehead atoms. The first kappa shape index (κ1) is 13.3. The second kappa shape index (κ2) is 6.19. The van der Waals surface area contributed by atoms with Crippen molar-refractivity contribution in [2.75, 3.05) is 18.5 Å². The molecule has 0 aromatic heterocycles. The predicted octanol–water partition coefficient (Wildman–Crippen LogP) is 3.31. The maximum absolute atomic E-state index is 13.7. The minimum Gasteiger partial charge on any atom is -0.368 e. The molecule has 1 fully saturated rings. The maximum atomic E-state index is 13.7.